The summed E-state index contributed by atoms with van der Waals surface area (Å²) in [4.78, 5) is 4.08. The molecule has 1 fully saturated rings. The Labute approximate surface area is 94.9 Å². The molecule has 0 bridgehead atoms. The molecule has 0 saturated heterocycles. The van der Waals surface area contributed by atoms with Crippen LogP contribution in [0.2, 0.25) is 0 Å². The maximum Gasteiger partial charge on any atom is 0.0991 e. The summed E-state index contributed by atoms with van der Waals surface area (Å²) in [6, 6.07) is 8.39. The van der Waals surface area contributed by atoms with E-state index in [1.165, 1.54) is 11.3 Å². The number of aromatic nitrogens is 2. The van der Waals surface area contributed by atoms with Crippen molar-refractivity contribution < 1.29 is 0 Å². The molecule has 0 aliphatic heterocycles. The number of rotatable bonds is 3. The highest BCUT2D eigenvalue weighted by atomic mass is 15.0. The molecule has 3 rings (SSSR count). The summed E-state index contributed by atoms with van der Waals surface area (Å²) in [5, 5.41) is 0. The largest absolute Gasteiger partial charge is 0.325 e. The average molecular weight is 213 g/mol. The molecule has 3 heteroatoms. The van der Waals surface area contributed by atoms with Crippen molar-refractivity contribution in [3.8, 4) is 5.69 Å². The third-order valence-electron chi connectivity index (χ3n) is 3.21. The maximum absolute atomic E-state index is 6.18. The minimum Gasteiger partial charge on any atom is -0.325 e. The smallest absolute Gasteiger partial charge is 0.0991 e. The van der Waals surface area contributed by atoms with E-state index in [2.05, 4.69) is 29.2 Å². The molecule has 0 spiro atoms. The first-order chi connectivity index (χ1) is 7.77. The van der Waals surface area contributed by atoms with Gasteiger partial charge in [0.25, 0.3) is 0 Å². The molecule has 0 amide bonds. The summed E-state index contributed by atoms with van der Waals surface area (Å²) in [5.74, 6) is 0. The quantitative estimate of drug-likeness (QED) is 0.846. The molecule has 1 aromatic carbocycles. The van der Waals surface area contributed by atoms with Gasteiger partial charge in [0.2, 0.25) is 0 Å². The van der Waals surface area contributed by atoms with Crippen LogP contribution in [0.15, 0.2) is 43.0 Å². The Hall–Kier alpha value is -1.61. The third-order valence-corrected chi connectivity index (χ3v) is 3.21. The van der Waals surface area contributed by atoms with Gasteiger partial charge in [0.1, 0.15) is 0 Å². The van der Waals surface area contributed by atoms with Gasteiger partial charge < -0.3 is 10.3 Å². The monoisotopic (exact) mass is 213 g/mol. The average Bonchev–Trinajstić information content (AvgIpc) is 2.83. The van der Waals surface area contributed by atoms with Crippen LogP contribution in [0.4, 0.5) is 0 Å². The molecule has 2 aromatic rings. The fraction of sp³-hybridized carbons (Fsp3) is 0.308. The zero-order valence-electron chi connectivity index (χ0n) is 9.13. The van der Waals surface area contributed by atoms with E-state index in [0.717, 1.165) is 19.3 Å². The van der Waals surface area contributed by atoms with E-state index in [1.54, 1.807) is 6.20 Å². The molecular weight excluding hydrogens is 198 g/mol. The van der Waals surface area contributed by atoms with Crippen molar-refractivity contribution in [3.63, 3.8) is 0 Å². The minimum absolute atomic E-state index is 0.0523. The summed E-state index contributed by atoms with van der Waals surface area (Å²) in [6.45, 7) is 0. The highest BCUT2D eigenvalue weighted by molar-refractivity contribution is 5.42. The number of hydrogen-bond donors (Lipinski definition) is 1. The molecule has 16 heavy (non-hydrogen) atoms. The van der Waals surface area contributed by atoms with Gasteiger partial charge >= 0.3 is 0 Å². The molecule has 1 saturated carbocycles. The second-order valence-corrected chi connectivity index (χ2v) is 4.64. The molecule has 0 atom stereocenters. The van der Waals surface area contributed by atoms with Crippen molar-refractivity contribution in [1.29, 1.82) is 0 Å². The zero-order chi connectivity index (χ0) is 11.0. The fourth-order valence-corrected chi connectivity index (χ4v) is 2.03. The number of hydrogen-bond acceptors (Lipinski definition) is 2. The Kier molecular flexibility index (Phi) is 2.07. The lowest BCUT2D eigenvalue weighted by molar-refractivity contribution is 0.669. The molecular formula is C13H15N3. The molecule has 2 N–H and O–H groups in total. The van der Waals surface area contributed by atoms with Gasteiger partial charge in [-0.25, -0.2) is 4.98 Å². The van der Waals surface area contributed by atoms with Gasteiger partial charge in [0.05, 0.1) is 6.33 Å². The molecule has 0 radical (unpaired) electrons. The van der Waals surface area contributed by atoms with Gasteiger partial charge in [-0.2, -0.15) is 0 Å². The number of imidazole rings is 1. The molecule has 1 aliphatic carbocycles. The van der Waals surface area contributed by atoms with Crippen LogP contribution < -0.4 is 5.73 Å². The normalized spacial score (nSPS) is 17.3. The zero-order valence-corrected chi connectivity index (χ0v) is 9.13. The Morgan fingerprint density at radius 1 is 1.31 bits per heavy atom. The molecule has 1 aliphatic rings. The lowest BCUT2D eigenvalue weighted by Crippen LogP contribution is -2.25. The lowest BCUT2D eigenvalue weighted by Gasteiger charge is -2.13. The first-order valence-electron chi connectivity index (χ1n) is 5.62. The van der Waals surface area contributed by atoms with Crippen molar-refractivity contribution >= 4 is 0 Å². The van der Waals surface area contributed by atoms with E-state index >= 15 is 0 Å². The summed E-state index contributed by atoms with van der Waals surface area (Å²) < 4.78 is 2.04. The van der Waals surface area contributed by atoms with E-state index < -0.39 is 0 Å². The minimum atomic E-state index is 0.0523. The van der Waals surface area contributed by atoms with Crippen LogP contribution in [0.5, 0.6) is 0 Å². The van der Waals surface area contributed by atoms with Crippen LogP contribution in [-0.2, 0) is 6.42 Å². The lowest BCUT2D eigenvalue weighted by atomic mass is 10.0. The number of nitrogens with zero attached hydrogens (tertiary/aromatic N) is 2. The Balaban J connectivity index is 1.98. The number of nitrogens with two attached hydrogens (primary N) is 1. The van der Waals surface area contributed by atoms with Crippen LogP contribution in [0, 0.1) is 0 Å². The van der Waals surface area contributed by atoms with Crippen molar-refractivity contribution in [2.75, 3.05) is 0 Å². The Morgan fingerprint density at radius 3 is 2.81 bits per heavy atom. The van der Waals surface area contributed by atoms with E-state index in [1.807, 2.05) is 17.1 Å². The van der Waals surface area contributed by atoms with Crippen LogP contribution in [0.3, 0.4) is 0 Å². The number of benzene rings is 1. The predicted molar refractivity (Wildman–Crippen MR) is 63.4 cm³/mol. The van der Waals surface area contributed by atoms with Crippen LogP contribution in [-0.4, -0.2) is 15.1 Å². The standard InChI is InChI=1S/C13H15N3/c14-13(5-6-13)9-11-3-1-2-4-12(11)16-8-7-15-10-16/h1-4,7-8,10H,5-6,9,14H2. The van der Waals surface area contributed by atoms with Crippen LogP contribution in [0.25, 0.3) is 5.69 Å². The predicted octanol–water partition coefficient (Wildman–Crippen LogP) is 1.91. The second-order valence-electron chi connectivity index (χ2n) is 4.64. The van der Waals surface area contributed by atoms with Crippen molar-refractivity contribution in [2.24, 2.45) is 5.73 Å². The van der Waals surface area contributed by atoms with Crippen molar-refractivity contribution in [3.05, 3.63) is 48.5 Å². The second kappa shape index (κ2) is 3.46. The first kappa shape index (κ1) is 9.60. The van der Waals surface area contributed by atoms with Gasteiger partial charge in [-0.1, -0.05) is 18.2 Å². The molecule has 1 aromatic heterocycles. The number of para-hydroxylation sites is 1. The van der Waals surface area contributed by atoms with Gasteiger partial charge in [-0.05, 0) is 30.9 Å². The summed E-state index contributed by atoms with van der Waals surface area (Å²) >= 11 is 0. The summed E-state index contributed by atoms with van der Waals surface area (Å²) in [5.41, 5.74) is 8.73. The summed E-state index contributed by atoms with van der Waals surface area (Å²) in [7, 11) is 0. The Morgan fingerprint density at radius 2 is 2.12 bits per heavy atom. The van der Waals surface area contributed by atoms with E-state index in [0.29, 0.717) is 0 Å². The SMILES string of the molecule is NC1(Cc2ccccc2-n2ccnc2)CC1. The van der Waals surface area contributed by atoms with Gasteiger partial charge in [0.15, 0.2) is 0 Å². The van der Waals surface area contributed by atoms with E-state index in [4.69, 9.17) is 5.73 Å². The fourth-order valence-electron chi connectivity index (χ4n) is 2.03. The molecule has 0 unspecified atom stereocenters. The van der Waals surface area contributed by atoms with Crippen LogP contribution in [0.1, 0.15) is 18.4 Å². The van der Waals surface area contributed by atoms with E-state index in [9.17, 15) is 0 Å². The third kappa shape index (κ3) is 1.74. The Bertz CT molecular complexity index is 484. The van der Waals surface area contributed by atoms with Gasteiger partial charge in [-0.3, -0.25) is 0 Å². The van der Waals surface area contributed by atoms with Gasteiger partial charge in [-0.15, -0.1) is 0 Å². The van der Waals surface area contributed by atoms with Crippen molar-refractivity contribution in [1.82, 2.24) is 9.55 Å². The topological polar surface area (TPSA) is 43.8 Å². The highest BCUT2D eigenvalue weighted by Crippen LogP contribution is 2.36. The molecule has 82 valence electrons. The first-order valence-corrected chi connectivity index (χ1v) is 5.62. The van der Waals surface area contributed by atoms with Gasteiger partial charge in [0, 0.05) is 23.6 Å². The summed E-state index contributed by atoms with van der Waals surface area (Å²) in [6.07, 6.45) is 8.84. The van der Waals surface area contributed by atoms with Crippen LogP contribution >= 0.6 is 0 Å². The highest BCUT2D eigenvalue weighted by Gasteiger charge is 2.38. The maximum atomic E-state index is 6.18. The molecule has 1 heterocycles. The van der Waals surface area contributed by atoms with Crippen molar-refractivity contribution in [2.45, 2.75) is 24.8 Å². The molecule has 3 nitrogen and oxygen atoms in total. The van der Waals surface area contributed by atoms with E-state index in [-0.39, 0.29) is 5.54 Å².